The average molecular weight is 446 g/mol. The van der Waals surface area contributed by atoms with Crippen molar-refractivity contribution in [1.82, 2.24) is 9.21 Å². The number of sulfonamides is 1. The molecule has 1 aliphatic heterocycles. The fourth-order valence-electron chi connectivity index (χ4n) is 5.12. The third-order valence-electron chi connectivity index (χ3n) is 6.61. The Balaban J connectivity index is 1.32. The van der Waals surface area contributed by atoms with Crippen molar-refractivity contribution in [3.8, 4) is 5.75 Å². The Labute approximate surface area is 174 Å². The van der Waals surface area contributed by atoms with E-state index in [1.54, 1.807) is 4.90 Å². The van der Waals surface area contributed by atoms with Gasteiger partial charge in [0.25, 0.3) is 0 Å². The highest BCUT2D eigenvalue weighted by atomic mass is 32.2. The predicted molar refractivity (Wildman–Crippen MR) is 102 cm³/mol. The molecule has 1 aromatic rings. The van der Waals surface area contributed by atoms with E-state index in [1.807, 2.05) is 0 Å². The Kier molecular flexibility index (Phi) is 5.73. The third-order valence-corrected chi connectivity index (χ3v) is 8.52. The monoisotopic (exact) mass is 446 g/mol. The molecular weight excluding hydrogens is 421 g/mol. The van der Waals surface area contributed by atoms with Crippen LogP contribution in [0.1, 0.15) is 32.1 Å². The minimum Gasteiger partial charge on any atom is -0.406 e. The lowest BCUT2D eigenvalue weighted by atomic mass is 9.86. The molecule has 1 heterocycles. The molecule has 166 valence electrons. The van der Waals surface area contributed by atoms with Crippen molar-refractivity contribution in [2.45, 2.75) is 43.4 Å². The van der Waals surface area contributed by atoms with Crippen LogP contribution in [0, 0.1) is 17.8 Å². The number of benzene rings is 1. The van der Waals surface area contributed by atoms with E-state index in [4.69, 9.17) is 0 Å². The van der Waals surface area contributed by atoms with Gasteiger partial charge in [-0.1, -0.05) is 6.42 Å². The number of halogens is 3. The van der Waals surface area contributed by atoms with Crippen molar-refractivity contribution in [2.24, 2.45) is 17.8 Å². The number of carbonyl (C=O) groups is 1. The van der Waals surface area contributed by atoms with Crippen LogP contribution in [-0.2, 0) is 14.8 Å². The van der Waals surface area contributed by atoms with Crippen molar-refractivity contribution in [1.29, 1.82) is 0 Å². The molecule has 0 N–H and O–H groups in total. The van der Waals surface area contributed by atoms with E-state index in [9.17, 15) is 26.4 Å². The number of alkyl halides is 3. The summed E-state index contributed by atoms with van der Waals surface area (Å²) in [6.45, 7) is 0.999. The summed E-state index contributed by atoms with van der Waals surface area (Å²) in [6.07, 6.45) is 0.613. The Morgan fingerprint density at radius 1 is 1.03 bits per heavy atom. The van der Waals surface area contributed by atoms with Crippen LogP contribution in [0.4, 0.5) is 13.2 Å². The molecule has 3 fully saturated rings. The third kappa shape index (κ3) is 4.59. The molecule has 3 unspecified atom stereocenters. The van der Waals surface area contributed by atoms with Crippen LogP contribution in [0.2, 0.25) is 0 Å². The van der Waals surface area contributed by atoms with Crippen molar-refractivity contribution >= 4 is 15.9 Å². The summed E-state index contributed by atoms with van der Waals surface area (Å²) < 4.78 is 67.4. The second-order valence-electron chi connectivity index (χ2n) is 8.44. The number of piperazine rings is 1. The Morgan fingerprint density at radius 3 is 2.23 bits per heavy atom. The maximum absolute atomic E-state index is 12.8. The molecule has 0 spiro atoms. The van der Waals surface area contributed by atoms with Gasteiger partial charge in [0.1, 0.15) is 5.75 Å². The van der Waals surface area contributed by atoms with Gasteiger partial charge in [0.2, 0.25) is 15.9 Å². The number of nitrogens with zero attached hydrogens (tertiary/aromatic N) is 2. The van der Waals surface area contributed by atoms with Gasteiger partial charge in [0, 0.05) is 32.6 Å². The smallest absolute Gasteiger partial charge is 0.406 e. The number of hydrogen-bond acceptors (Lipinski definition) is 4. The van der Waals surface area contributed by atoms with Gasteiger partial charge < -0.3 is 9.64 Å². The molecule has 3 aliphatic rings. The lowest BCUT2D eigenvalue weighted by Crippen LogP contribution is -2.50. The summed E-state index contributed by atoms with van der Waals surface area (Å²) in [5, 5.41) is 0. The van der Waals surface area contributed by atoms with Crippen LogP contribution < -0.4 is 4.74 Å². The molecule has 6 nitrogen and oxygen atoms in total. The molecule has 0 radical (unpaired) electrons. The molecule has 1 amide bonds. The maximum Gasteiger partial charge on any atom is 0.573 e. The fourth-order valence-corrected chi connectivity index (χ4v) is 6.54. The number of carbonyl (C=O) groups excluding carboxylic acids is 1. The van der Waals surface area contributed by atoms with E-state index < -0.39 is 22.1 Å². The summed E-state index contributed by atoms with van der Waals surface area (Å²) in [6, 6.07) is 4.16. The van der Waals surface area contributed by atoms with E-state index in [0.717, 1.165) is 36.6 Å². The normalized spacial score (nSPS) is 27.4. The van der Waals surface area contributed by atoms with Crippen LogP contribution in [0.5, 0.6) is 5.75 Å². The highest BCUT2D eigenvalue weighted by Gasteiger charge is 2.41. The van der Waals surface area contributed by atoms with Crippen LogP contribution in [0.25, 0.3) is 0 Å². The molecular formula is C20H25F3N2O4S. The van der Waals surface area contributed by atoms with Gasteiger partial charge in [0.05, 0.1) is 4.90 Å². The number of amides is 1. The second-order valence-corrected chi connectivity index (χ2v) is 10.4. The molecule has 10 heteroatoms. The maximum atomic E-state index is 12.8. The van der Waals surface area contributed by atoms with E-state index in [2.05, 4.69) is 4.74 Å². The lowest BCUT2D eigenvalue weighted by molar-refractivity contribution is -0.274. The second kappa shape index (κ2) is 8.03. The summed E-state index contributed by atoms with van der Waals surface area (Å²) >= 11 is 0. The topological polar surface area (TPSA) is 66.9 Å². The van der Waals surface area contributed by atoms with Gasteiger partial charge in [-0.2, -0.15) is 4.31 Å². The summed E-state index contributed by atoms with van der Waals surface area (Å²) in [5.41, 5.74) is 0. The molecule has 3 atom stereocenters. The molecule has 2 saturated carbocycles. The first-order valence-electron chi connectivity index (χ1n) is 10.3. The van der Waals surface area contributed by atoms with Gasteiger partial charge in [0.15, 0.2) is 0 Å². The Hall–Kier alpha value is -1.81. The first-order valence-corrected chi connectivity index (χ1v) is 11.7. The number of hydrogen-bond donors (Lipinski definition) is 0. The molecule has 0 aromatic heterocycles. The SMILES string of the molecule is O=C(CC1CC2CCC1C2)N1CCN(S(=O)(=O)c2ccc(OC(F)(F)F)cc2)CC1. The van der Waals surface area contributed by atoms with Gasteiger partial charge in [-0.15, -0.1) is 13.2 Å². The van der Waals surface area contributed by atoms with Crippen molar-refractivity contribution in [2.75, 3.05) is 26.2 Å². The molecule has 4 rings (SSSR count). The fraction of sp³-hybridized carbons (Fsp3) is 0.650. The highest BCUT2D eigenvalue weighted by molar-refractivity contribution is 7.89. The Bertz CT molecular complexity index is 880. The van der Waals surface area contributed by atoms with E-state index in [0.29, 0.717) is 31.3 Å². The zero-order chi connectivity index (χ0) is 21.5. The number of ether oxygens (including phenoxy) is 1. The summed E-state index contributed by atoms with van der Waals surface area (Å²) in [7, 11) is -3.84. The van der Waals surface area contributed by atoms with E-state index in [1.165, 1.54) is 23.6 Å². The van der Waals surface area contributed by atoms with Crippen molar-refractivity contribution in [3.63, 3.8) is 0 Å². The molecule has 2 aliphatic carbocycles. The van der Waals surface area contributed by atoms with Gasteiger partial charge >= 0.3 is 6.36 Å². The Morgan fingerprint density at radius 2 is 1.70 bits per heavy atom. The molecule has 30 heavy (non-hydrogen) atoms. The quantitative estimate of drug-likeness (QED) is 0.697. The first kappa shape index (κ1) is 21.4. The summed E-state index contributed by atoms with van der Waals surface area (Å²) in [4.78, 5) is 14.3. The lowest BCUT2D eigenvalue weighted by Gasteiger charge is -2.35. The minimum absolute atomic E-state index is 0.0956. The largest absolute Gasteiger partial charge is 0.573 e. The zero-order valence-electron chi connectivity index (χ0n) is 16.5. The van der Waals surface area contributed by atoms with Gasteiger partial charge in [-0.3, -0.25) is 4.79 Å². The van der Waals surface area contributed by atoms with Crippen molar-refractivity contribution < 1.29 is 31.1 Å². The zero-order valence-corrected chi connectivity index (χ0v) is 17.3. The standard InChI is InChI=1S/C20H25F3N2O4S/c21-20(22,23)29-17-3-5-18(6-4-17)30(27,28)25-9-7-24(8-10-25)19(26)13-16-12-14-1-2-15(16)11-14/h3-6,14-16H,1-2,7-13H2. The minimum atomic E-state index is -4.83. The van der Waals surface area contributed by atoms with Crippen LogP contribution in [-0.4, -0.2) is 56.1 Å². The van der Waals surface area contributed by atoms with Crippen LogP contribution in [0.15, 0.2) is 29.2 Å². The highest BCUT2D eigenvalue weighted by Crippen LogP contribution is 2.49. The first-order chi connectivity index (χ1) is 14.1. The van der Waals surface area contributed by atoms with E-state index in [-0.39, 0.29) is 23.9 Å². The molecule has 2 bridgehead atoms. The average Bonchev–Trinajstić information content (AvgIpc) is 3.30. The van der Waals surface area contributed by atoms with Gasteiger partial charge in [-0.05, 0) is 61.3 Å². The van der Waals surface area contributed by atoms with Crippen molar-refractivity contribution in [3.05, 3.63) is 24.3 Å². The number of fused-ring (bicyclic) bond motifs is 2. The van der Waals surface area contributed by atoms with Crippen LogP contribution in [0.3, 0.4) is 0 Å². The van der Waals surface area contributed by atoms with E-state index >= 15 is 0 Å². The molecule has 1 saturated heterocycles. The van der Waals surface area contributed by atoms with Crippen LogP contribution >= 0.6 is 0 Å². The molecule has 1 aromatic carbocycles. The summed E-state index contributed by atoms with van der Waals surface area (Å²) in [5.74, 6) is 1.54. The number of rotatable bonds is 5. The predicted octanol–water partition coefficient (Wildman–Crippen LogP) is 3.24. The van der Waals surface area contributed by atoms with Gasteiger partial charge in [-0.25, -0.2) is 8.42 Å².